The predicted molar refractivity (Wildman–Crippen MR) is 69.6 cm³/mol. The molecule has 2 nitrogen and oxygen atoms in total. The monoisotopic (exact) mass is 230 g/mol. The molecule has 0 amide bonds. The first kappa shape index (κ1) is 12.1. The molecule has 1 aromatic rings. The topological polar surface area (TPSA) is 29.5 Å². The van der Waals surface area contributed by atoms with Crippen LogP contribution in [0.1, 0.15) is 18.4 Å². The van der Waals surface area contributed by atoms with Gasteiger partial charge in [0, 0.05) is 12.8 Å². The maximum absolute atomic E-state index is 9.72. The number of ether oxygens (including phenoxy) is 1. The summed E-state index contributed by atoms with van der Waals surface area (Å²) in [5.41, 5.74) is 1.14. The molecule has 1 saturated heterocycles. The molecule has 90 valence electrons. The number of benzene rings is 1. The van der Waals surface area contributed by atoms with Crippen molar-refractivity contribution in [3.63, 3.8) is 0 Å². The van der Waals surface area contributed by atoms with E-state index in [-0.39, 0.29) is 18.3 Å². The number of hydrogen-bond acceptors (Lipinski definition) is 2. The molecule has 0 aliphatic carbocycles. The van der Waals surface area contributed by atoms with Crippen LogP contribution in [0.2, 0.25) is 0 Å². The van der Waals surface area contributed by atoms with Crippen LogP contribution < -0.4 is 0 Å². The molecule has 0 radical (unpaired) electrons. The van der Waals surface area contributed by atoms with Crippen LogP contribution in [0, 0.1) is 0 Å². The molecular formula is C15H18O2. The van der Waals surface area contributed by atoms with E-state index in [0.29, 0.717) is 12.8 Å². The summed E-state index contributed by atoms with van der Waals surface area (Å²) in [5, 5.41) is 9.72. The maximum atomic E-state index is 9.72. The highest BCUT2D eigenvalue weighted by atomic mass is 16.5. The number of hydrogen-bond donors (Lipinski definition) is 1. The normalized spacial score (nSPS) is 29.4. The van der Waals surface area contributed by atoms with Gasteiger partial charge in [-0.15, -0.1) is 6.58 Å². The lowest BCUT2D eigenvalue weighted by atomic mass is 10.00. The highest BCUT2D eigenvalue weighted by Crippen LogP contribution is 2.21. The second kappa shape index (κ2) is 5.80. The summed E-state index contributed by atoms with van der Waals surface area (Å²) in [6, 6.07) is 10.1. The Bertz CT molecular complexity index is 383. The van der Waals surface area contributed by atoms with Gasteiger partial charge in [-0.3, -0.25) is 0 Å². The fourth-order valence-corrected chi connectivity index (χ4v) is 2.03. The number of aliphatic hydroxyl groups excluding tert-OH is 1. The van der Waals surface area contributed by atoms with Gasteiger partial charge in [0.15, 0.2) is 0 Å². The van der Waals surface area contributed by atoms with E-state index in [1.807, 2.05) is 42.5 Å². The lowest BCUT2D eigenvalue weighted by Crippen LogP contribution is -2.33. The van der Waals surface area contributed by atoms with Crippen LogP contribution >= 0.6 is 0 Å². The van der Waals surface area contributed by atoms with Gasteiger partial charge in [-0.25, -0.2) is 0 Å². The van der Waals surface area contributed by atoms with Gasteiger partial charge in [-0.05, 0) is 5.56 Å². The van der Waals surface area contributed by atoms with Gasteiger partial charge < -0.3 is 9.84 Å². The third-order valence-corrected chi connectivity index (χ3v) is 2.92. The first-order valence-electron chi connectivity index (χ1n) is 5.97. The Morgan fingerprint density at radius 2 is 1.88 bits per heavy atom. The molecule has 0 aromatic heterocycles. The van der Waals surface area contributed by atoms with Crippen LogP contribution in [0.4, 0.5) is 0 Å². The lowest BCUT2D eigenvalue weighted by Gasteiger charge is -2.29. The number of rotatable bonds is 3. The minimum Gasteiger partial charge on any atom is -0.393 e. The minimum absolute atomic E-state index is 0.0260. The van der Waals surface area contributed by atoms with Crippen LogP contribution in [0.25, 0.3) is 6.08 Å². The van der Waals surface area contributed by atoms with Crippen LogP contribution in [0.5, 0.6) is 0 Å². The first-order valence-corrected chi connectivity index (χ1v) is 5.97. The molecular weight excluding hydrogens is 212 g/mol. The summed E-state index contributed by atoms with van der Waals surface area (Å²) in [5.74, 6) is 0. The molecule has 1 aliphatic rings. The van der Waals surface area contributed by atoms with E-state index in [2.05, 4.69) is 6.58 Å². The van der Waals surface area contributed by atoms with Crippen LogP contribution in [0.3, 0.4) is 0 Å². The van der Waals surface area contributed by atoms with E-state index in [9.17, 15) is 5.11 Å². The van der Waals surface area contributed by atoms with Crippen molar-refractivity contribution in [3.05, 3.63) is 54.6 Å². The molecule has 17 heavy (non-hydrogen) atoms. The Balaban J connectivity index is 1.98. The largest absolute Gasteiger partial charge is 0.393 e. The highest BCUT2D eigenvalue weighted by molar-refractivity contribution is 5.49. The Hall–Kier alpha value is -1.38. The summed E-state index contributed by atoms with van der Waals surface area (Å²) < 4.78 is 5.76. The Morgan fingerprint density at radius 1 is 1.18 bits per heavy atom. The SMILES string of the molecule is C=C[C@H]1C[C@@H](O)C[C@@H](/C=C/c2ccccc2)O1. The summed E-state index contributed by atoms with van der Waals surface area (Å²) in [6.07, 6.45) is 6.75. The molecule has 0 unspecified atom stereocenters. The van der Waals surface area contributed by atoms with Crippen molar-refractivity contribution in [3.8, 4) is 0 Å². The standard InChI is InChI=1S/C15H18O2/c1-2-14-10-13(16)11-15(17-14)9-8-12-6-4-3-5-7-12/h2-9,13-16H,1,10-11H2/b9-8+/t13-,14+,15-/m1/s1. The molecule has 0 saturated carbocycles. The smallest absolute Gasteiger partial charge is 0.0791 e. The first-order chi connectivity index (χ1) is 8.28. The van der Waals surface area contributed by atoms with Crippen molar-refractivity contribution < 1.29 is 9.84 Å². The molecule has 3 atom stereocenters. The zero-order chi connectivity index (χ0) is 12.1. The summed E-state index contributed by atoms with van der Waals surface area (Å²) in [4.78, 5) is 0. The van der Waals surface area contributed by atoms with Crippen LogP contribution in [-0.4, -0.2) is 23.4 Å². The van der Waals surface area contributed by atoms with Gasteiger partial charge in [0.1, 0.15) is 0 Å². The third kappa shape index (κ3) is 3.55. The van der Waals surface area contributed by atoms with Gasteiger partial charge in [-0.1, -0.05) is 48.6 Å². The second-order valence-electron chi connectivity index (χ2n) is 4.34. The van der Waals surface area contributed by atoms with Crippen LogP contribution in [-0.2, 0) is 4.74 Å². The zero-order valence-corrected chi connectivity index (χ0v) is 9.83. The predicted octanol–water partition coefficient (Wildman–Crippen LogP) is 2.79. The molecule has 1 N–H and O–H groups in total. The molecule has 1 heterocycles. The fourth-order valence-electron chi connectivity index (χ4n) is 2.03. The third-order valence-electron chi connectivity index (χ3n) is 2.92. The molecule has 1 aliphatic heterocycles. The quantitative estimate of drug-likeness (QED) is 0.809. The molecule has 2 heteroatoms. The molecule has 1 fully saturated rings. The Labute approximate surface area is 102 Å². The van der Waals surface area contributed by atoms with Gasteiger partial charge >= 0.3 is 0 Å². The van der Waals surface area contributed by atoms with Crippen molar-refractivity contribution in [2.24, 2.45) is 0 Å². The van der Waals surface area contributed by atoms with E-state index < -0.39 is 0 Å². The molecule has 0 bridgehead atoms. The second-order valence-corrected chi connectivity index (χ2v) is 4.34. The fraction of sp³-hybridized carbons (Fsp3) is 0.333. The lowest BCUT2D eigenvalue weighted by molar-refractivity contribution is -0.0545. The minimum atomic E-state index is -0.294. The van der Waals surface area contributed by atoms with Crippen molar-refractivity contribution in [2.75, 3.05) is 0 Å². The average molecular weight is 230 g/mol. The van der Waals surface area contributed by atoms with E-state index in [4.69, 9.17) is 4.74 Å². The van der Waals surface area contributed by atoms with Crippen molar-refractivity contribution >= 4 is 6.08 Å². The van der Waals surface area contributed by atoms with E-state index >= 15 is 0 Å². The van der Waals surface area contributed by atoms with Gasteiger partial charge in [0.05, 0.1) is 18.3 Å². The Morgan fingerprint density at radius 3 is 2.59 bits per heavy atom. The van der Waals surface area contributed by atoms with Gasteiger partial charge in [0.2, 0.25) is 0 Å². The summed E-state index contributed by atoms with van der Waals surface area (Å²) in [6.45, 7) is 3.71. The van der Waals surface area contributed by atoms with E-state index in [1.54, 1.807) is 6.08 Å². The highest BCUT2D eigenvalue weighted by Gasteiger charge is 2.24. The average Bonchev–Trinajstić information content (AvgIpc) is 2.37. The molecule has 1 aromatic carbocycles. The molecule has 0 spiro atoms. The van der Waals surface area contributed by atoms with Crippen molar-refractivity contribution in [1.29, 1.82) is 0 Å². The summed E-state index contributed by atoms with van der Waals surface area (Å²) >= 11 is 0. The Kier molecular flexibility index (Phi) is 4.13. The molecule has 2 rings (SSSR count). The van der Waals surface area contributed by atoms with E-state index in [1.165, 1.54) is 0 Å². The zero-order valence-electron chi connectivity index (χ0n) is 9.83. The number of aliphatic hydroxyl groups is 1. The van der Waals surface area contributed by atoms with Crippen molar-refractivity contribution in [1.82, 2.24) is 0 Å². The van der Waals surface area contributed by atoms with Crippen LogP contribution in [0.15, 0.2) is 49.1 Å². The van der Waals surface area contributed by atoms with Crippen molar-refractivity contribution in [2.45, 2.75) is 31.2 Å². The maximum Gasteiger partial charge on any atom is 0.0791 e. The van der Waals surface area contributed by atoms with Gasteiger partial charge in [-0.2, -0.15) is 0 Å². The summed E-state index contributed by atoms with van der Waals surface area (Å²) in [7, 11) is 0. The van der Waals surface area contributed by atoms with Gasteiger partial charge in [0.25, 0.3) is 0 Å². The van der Waals surface area contributed by atoms with E-state index in [0.717, 1.165) is 5.56 Å².